The van der Waals surface area contributed by atoms with E-state index in [1.807, 2.05) is 6.07 Å². The molecule has 0 fully saturated rings. The first-order valence-corrected chi connectivity index (χ1v) is 5.51. The molecule has 2 nitrogen and oxygen atoms in total. The fourth-order valence-electron chi connectivity index (χ4n) is 1.58. The van der Waals surface area contributed by atoms with E-state index >= 15 is 0 Å². The Morgan fingerprint density at radius 2 is 1.80 bits per heavy atom. The van der Waals surface area contributed by atoms with Crippen molar-refractivity contribution in [1.29, 1.82) is 0 Å². The molecule has 3 N–H and O–H groups in total. The molecule has 0 amide bonds. The molecule has 15 heavy (non-hydrogen) atoms. The SMILES string of the molecule is CC(C)(C)C(CN)NCc1ccccc1. The zero-order valence-electron chi connectivity index (χ0n) is 9.96. The van der Waals surface area contributed by atoms with Crippen molar-refractivity contribution in [1.82, 2.24) is 5.32 Å². The van der Waals surface area contributed by atoms with Gasteiger partial charge in [-0.05, 0) is 11.0 Å². The van der Waals surface area contributed by atoms with E-state index in [-0.39, 0.29) is 5.41 Å². The zero-order valence-corrected chi connectivity index (χ0v) is 9.96. The van der Waals surface area contributed by atoms with Gasteiger partial charge in [-0.1, -0.05) is 51.1 Å². The fourth-order valence-corrected chi connectivity index (χ4v) is 1.58. The Balaban J connectivity index is 2.49. The van der Waals surface area contributed by atoms with Crippen molar-refractivity contribution in [2.45, 2.75) is 33.4 Å². The molecule has 0 aliphatic rings. The second kappa shape index (κ2) is 5.29. The Bertz CT molecular complexity index is 274. The highest BCUT2D eigenvalue weighted by Gasteiger charge is 2.22. The van der Waals surface area contributed by atoms with E-state index in [0.29, 0.717) is 12.6 Å². The molecule has 0 saturated carbocycles. The molecular weight excluding hydrogens is 184 g/mol. The average molecular weight is 206 g/mol. The summed E-state index contributed by atoms with van der Waals surface area (Å²) in [5.74, 6) is 0. The van der Waals surface area contributed by atoms with Gasteiger partial charge in [0.15, 0.2) is 0 Å². The highest BCUT2D eigenvalue weighted by molar-refractivity contribution is 5.14. The lowest BCUT2D eigenvalue weighted by atomic mass is 9.86. The van der Waals surface area contributed by atoms with Crippen molar-refractivity contribution < 1.29 is 0 Å². The smallest absolute Gasteiger partial charge is 0.0241 e. The van der Waals surface area contributed by atoms with E-state index in [2.05, 4.69) is 50.4 Å². The summed E-state index contributed by atoms with van der Waals surface area (Å²) in [6.07, 6.45) is 0. The van der Waals surface area contributed by atoms with Gasteiger partial charge >= 0.3 is 0 Å². The number of nitrogens with one attached hydrogen (secondary N) is 1. The third-order valence-corrected chi connectivity index (χ3v) is 2.68. The molecule has 0 spiro atoms. The number of hydrogen-bond acceptors (Lipinski definition) is 2. The number of hydrogen-bond donors (Lipinski definition) is 2. The van der Waals surface area contributed by atoms with Crippen LogP contribution in [0, 0.1) is 5.41 Å². The molecule has 0 heterocycles. The maximum Gasteiger partial charge on any atom is 0.0241 e. The predicted octanol–water partition coefficient (Wildman–Crippen LogP) is 2.15. The molecule has 0 saturated heterocycles. The van der Waals surface area contributed by atoms with Crippen molar-refractivity contribution >= 4 is 0 Å². The molecule has 0 radical (unpaired) electrons. The van der Waals surface area contributed by atoms with Crippen molar-refractivity contribution in [2.75, 3.05) is 6.54 Å². The number of rotatable bonds is 4. The monoisotopic (exact) mass is 206 g/mol. The van der Waals surface area contributed by atoms with Crippen molar-refractivity contribution in [3.05, 3.63) is 35.9 Å². The molecule has 1 aromatic rings. The standard InChI is InChI=1S/C13H22N2/c1-13(2,3)12(9-14)15-10-11-7-5-4-6-8-11/h4-8,12,15H,9-10,14H2,1-3H3. The summed E-state index contributed by atoms with van der Waals surface area (Å²) >= 11 is 0. The Hall–Kier alpha value is -0.860. The molecular formula is C13H22N2. The maximum absolute atomic E-state index is 5.76. The summed E-state index contributed by atoms with van der Waals surface area (Å²) in [5.41, 5.74) is 7.28. The number of nitrogens with two attached hydrogens (primary N) is 1. The summed E-state index contributed by atoms with van der Waals surface area (Å²) in [6.45, 7) is 8.20. The van der Waals surface area contributed by atoms with Crippen molar-refractivity contribution in [3.8, 4) is 0 Å². The van der Waals surface area contributed by atoms with Gasteiger partial charge in [0.2, 0.25) is 0 Å². The summed E-state index contributed by atoms with van der Waals surface area (Å²) in [6, 6.07) is 10.8. The molecule has 0 aliphatic carbocycles. The van der Waals surface area contributed by atoms with Gasteiger partial charge in [-0.15, -0.1) is 0 Å². The molecule has 1 aromatic carbocycles. The lowest BCUT2D eigenvalue weighted by Crippen LogP contribution is -2.45. The first kappa shape index (κ1) is 12.2. The van der Waals surface area contributed by atoms with Gasteiger partial charge in [0.1, 0.15) is 0 Å². The second-order valence-corrected chi connectivity index (χ2v) is 5.02. The quantitative estimate of drug-likeness (QED) is 0.792. The van der Waals surface area contributed by atoms with Gasteiger partial charge in [-0.25, -0.2) is 0 Å². The summed E-state index contributed by atoms with van der Waals surface area (Å²) in [5, 5.41) is 3.50. The molecule has 0 aromatic heterocycles. The van der Waals surface area contributed by atoms with Crippen LogP contribution in [-0.2, 0) is 6.54 Å². The van der Waals surface area contributed by atoms with Crippen LogP contribution in [-0.4, -0.2) is 12.6 Å². The topological polar surface area (TPSA) is 38.0 Å². The maximum atomic E-state index is 5.76. The van der Waals surface area contributed by atoms with Crippen LogP contribution >= 0.6 is 0 Å². The minimum absolute atomic E-state index is 0.212. The van der Waals surface area contributed by atoms with Crippen LogP contribution < -0.4 is 11.1 Å². The Labute approximate surface area is 92.9 Å². The predicted molar refractivity (Wildman–Crippen MR) is 65.6 cm³/mol. The first-order valence-electron chi connectivity index (χ1n) is 5.51. The van der Waals surface area contributed by atoms with E-state index in [1.54, 1.807) is 0 Å². The van der Waals surface area contributed by atoms with Gasteiger partial charge in [0, 0.05) is 19.1 Å². The highest BCUT2D eigenvalue weighted by Crippen LogP contribution is 2.18. The molecule has 0 bridgehead atoms. The van der Waals surface area contributed by atoms with Gasteiger partial charge in [0.05, 0.1) is 0 Å². The largest absolute Gasteiger partial charge is 0.329 e. The van der Waals surface area contributed by atoms with Crippen LogP contribution in [0.1, 0.15) is 26.3 Å². The average Bonchev–Trinajstić information content (AvgIpc) is 2.18. The van der Waals surface area contributed by atoms with E-state index in [4.69, 9.17) is 5.73 Å². The van der Waals surface area contributed by atoms with Crippen LogP contribution in [0.2, 0.25) is 0 Å². The molecule has 0 aliphatic heterocycles. The third-order valence-electron chi connectivity index (χ3n) is 2.68. The molecule has 1 unspecified atom stereocenters. The molecule has 2 heteroatoms. The van der Waals surface area contributed by atoms with Crippen LogP contribution in [0.15, 0.2) is 30.3 Å². The van der Waals surface area contributed by atoms with Crippen LogP contribution in [0.3, 0.4) is 0 Å². The summed E-state index contributed by atoms with van der Waals surface area (Å²) < 4.78 is 0. The first-order chi connectivity index (χ1) is 7.04. The zero-order chi connectivity index (χ0) is 11.3. The minimum atomic E-state index is 0.212. The van der Waals surface area contributed by atoms with Crippen molar-refractivity contribution in [3.63, 3.8) is 0 Å². The second-order valence-electron chi connectivity index (χ2n) is 5.02. The molecule has 84 valence electrons. The Kier molecular flexibility index (Phi) is 4.30. The lowest BCUT2D eigenvalue weighted by Gasteiger charge is -2.30. The van der Waals surface area contributed by atoms with Gasteiger partial charge < -0.3 is 11.1 Å². The fraction of sp³-hybridized carbons (Fsp3) is 0.538. The lowest BCUT2D eigenvalue weighted by molar-refractivity contribution is 0.272. The van der Waals surface area contributed by atoms with Crippen molar-refractivity contribution in [2.24, 2.45) is 11.1 Å². The van der Waals surface area contributed by atoms with Gasteiger partial charge in [0.25, 0.3) is 0 Å². The summed E-state index contributed by atoms with van der Waals surface area (Å²) in [4.78, 5) is 0. The number of benzene rings is 1. The van der Waals surface area contributed by atoms with Crippen LogP contribution in [0.5, 0.6) is 0 Å². The van der Waals surface area contributed by atoms with Gasteiger partial charge in [-0.3, -0.25) is 0 Å². The van der Waals surface area contributed by atoms with E-state index in [1.165, 1.54) is 5.56 Å². The van der Waals surface area contributed by atoms with Gasteiger partial charge in [-0.2, -0.15) is 0 Å². The van der Waals surface area contributed by atoms with E-state index < -0.39 is 0 Å². The summed E-state index contributed by atoms with van der Waals surface area (Å²) in [7, 11) is 0. The Morgan fingerprint density at radius 1 is 1.20 bits per heavy atom. The molecule has 1 atom stereocenters. The van der Waals surface area contributed by atoms with Crippen LogP contribution in [0.25, 0.3) is 0 Å². The van der Waals surface area contributed by atoms with E-state index in [9.17, 15) is 0 Å². The Morgan fingerprint density at radius 3 is 2.27 bits per heavy atom. The highest BCUT2D eigenvalue weighted by atomic mass is 14.9. The third kappa shape index (κ3) is 4.02. The van der Waals surface area contributed by atoms with E-state index in [0.717, 1.165) is 6.54 Å². The molecule has 1 rings (SSSR count). The van der Waals surface area contributed by atoms with Crippen LogP contribution in [0.4, 0.5) is 0 Å². The normalized spacial score (nSPS) is 13.9. The minimum Gasteiger partial charge on any atom is -0.329 e.